The molecule has 0 heterocycles. The van der Waals surface area contributed by atoms with Crippen LogP contribution in [-0.4, -0.2) is 16.9 Å². The van der Waals surface area contributed by atoms with Gasteiger partial charge in [-0.25, -0.2) is 0 Å². The molecule has 0 aromatic heterocycles. The summed E-state index contributed by atoms with van der Waals surface area (Å²) in [5.41, 5.74) is 1.11. The van der Waals surface area contributed by atoms with E-state index in [0.717, 1.165) is 5.56 Å². The van der Waals surface area contributed by atoms with Crippen molar-refractivity contribution in [3.05, 3.63) is 35.4 Å². The third-order valence-corrected chi connectivity index (χ3v) is 2.71. The number of carbonyl (C=O) groups is 2. The number of ketones is 1. The number of hydrogen-bond acceptors (Lipinski definition) is 2. The second-order valence-corrected chi connectivity index (χ2v) is 5.15. The first-order valence-corrected chi connectivity index (χ1v) is 5.62. The van der Waals surface area contributed by atoms with Gasteiger partial charge in [-0.15, -0.1) is 0 Å². The van der Waals surface area contributed by atoms with Crippen molar-refractivity contribution in [2.45, 2.75) is 33.6 Å². The third kappa shape index (κ3) is 4.02. The molecule has 1 N–H and O–H groups in total. The highest BCUT2D eigenvalue weighted by Crippen LogP contribution is 2.27. The van der Waals surface area contributed by atoms with E-state index in [2.05, 4.69) is 0 Å². The molecule has 0 fully saturated rings. The summed E-state index contributed by atoms with van der Waals surface area (Å²) in [4.78, 5) is 22.8. The number of hydrogen-bond donors (Lipinski definition) is 1. The molecule has 0 aliphatic rings. The Bertz CT molecular complexity index is 433. The van der Waals surface area contributed by atoms with Crippen LogP contribution in [0.3, 0.4) is 0 Å². The van der Waals surface area contributed by atoms with Crippen LogP contribution >= 0.6 is 0 Å². The summed E-state index contributed by atoms with van der Waals surface area (Å²) in [5.74, 6) is -0.859. The first-order chi connectivity index (χ1) is 7.82. The monoisotopic (exact) mass is 234 g/mol. The van der Waals surface area contributed by atoms with E-state index in [9.17, 15) is 9.59 Å². The maximum Gasteiger partial charge on any atom is 0.303 e. The van der Waals surface area contributed by atoms with Crippen LogP contribution in [0.2, 0.25) is 0 Å². The van der Waals surface area contributed by atoms with E-state index < -0.39 is 11.4 Å². The van der Waals surface area contributed by atoms with Crippen molar-refractivity contribution in [2.75, 3.05) is 0 Å². The van der Waals surface area contributed by atoms with E-state index >= 15 is 0 Å². The zero-order valence-electron chi connectivity index (χ0n) is 10.5. The summed E-state index contributed by atoms with van der Waals surface area (Å²) in [7, 11) is 0. The average Bonchev–Trinajstić information content (AvgIpc) is 2.14. The Kier molecular flexibility index (Phi) is 4.05. The van der Waals surface area contributed by atoms with Crippen molar-refractivity contribution in [1.82, 2.24) is 0 Å². The van der Waals surface area contributed by atoms with Crippen molar-refractivity contribution < 1.29 is 14.7 Å². The molecule has 1 aromatic rings. The molecule has 92 valence electrons. The lowest BCUT2D eigenvalue weighted by molar-refractivity contribution is -0.139. The Labute approximate surface area is 101 Å². The second kappa shape index (κ2) is 5.13. The first-order valence-electron chi connectivity index (χ1n) is 5.62. The molecule has 0 saturated carbocycles. The molecule has 0 saturated heterocycles. The fourth-order valence-electron chi connectivity index (χ4n) is 1.89. The van der Waals surface area contributed by atoms with Crippen molar-refractivity contribution in [1.29, 1.82) is 0 Å². The van der Waals surface area contributed by atoms with Crippen molar-refractivity contribution in [3.63, 3.8) is 0 Å². The lowest BCUT2D eigenvalue weighted by Gasteiger charge is -2.21. The highest BCUT2D eigenvalue weighted by atomic mass is 16.4. The molecule has 0 bridgehead atoms. The summed E-state index contributed by atoms with van der Waals surface area (Å²) in [6, 6.07) is 7.38. The van der Waals surface area contributed by atoms with Crippen LogP contribution in [0, 0.1) is 12.3 Å². The summed E-state index contributed by atoms with van der Waals surface area (Å²) < 4.78 is 0. The van der Waals surface area contributed by atoms with Crippen LogP contribution in [0.4, 0.5) is 0 Å². The highest BCUT2D eigenvalue weighted by Gasteiger charge is 2.26. The van der Waals surface area contributed by atoms with Gasteiger partial charge in [0.25, 0.3) is 0 Å². The van der Waals surface area contributed by atoms with E-state index in [1.54, 1.807) is 19.9 Å². The van der Waals surface area contributed by atoms with E-state index in [-0.39, 0.29) is 18.6 Å². The van der Waals surface area contributed by atoms with Gasteiger partial charge in [0.1, 0.15) is 0 Å². The van der Waals surface area contributed by atoms with Gasteiger partial charge in [0.15, 0.2) is 5.78 Å². The molecule has 0 unspecified atom stereocenters. The standard InChI is InChI=1S/C14H18O3/c1-10-6-4-5-7-11(10)12(15)8-14(2,3)9-13(16)17/h4-7H,8-9H2,1-3H3,(H,16,17). The van der Waals surface area contributed by atoms with Crippen LogP contribution < -0.4 is 0 Å². The van der Waals surface area contributed by atoms with E-state index in [1.807, 2.05) is 25.1 Å². The predicted molar refractivity (Wildman–Crippen MR) is 66.2 cm³/mol. The Balaban J connectivity index is 2.79. The largest absolute Gasteiger partial charge is 0.481 e. The number of aryl methyl sites for hydroxylation is 1. The smallest absolute Gasteiger partial charge is 0.303 e. The van der Waals surface area contributed by atoms with Gasteiger partial charge in [0, 0.05) is 12.0 Å². The number of benzene rings is 1. The summed E-state index contributed by atoms with van der Waals surface area (Å²) in [6.45, 7) is 5.49. The predicted octanol–water partition coefficient (Wildman–Crippen LogP) is 3.07. The topological polar surface area (TPSA) is 54.4 Å². The molecular weight excluding hydrogens is 216 g/mol. The van der Waals surface area contributed by atoms with Crippen LogP contribution in [0.1, 0.15) is 42.6 Å². The van der Waals surface area contributed by atoms with Crippen molar-refractivity contribution in [2.24, 2.45) is 5.41 Å². The summed E-state index contributed by atoms with van der Waals surface area (Å²) in [5, 5.41) is 8.78. The molecule has 0 spiro atoms. The number of aliphatic carboxylic acids is 1. The number of carboxylic acids is 1. The number of carboxylic acid groups (broad SMARTS) is 1. The lowest BCUT2D eigenvalue weighted by atomic mass is 9.82. The Morgan fingerprint density at radius 3 is 2.29 bits per heavy atom. The SMILES string of the molecule is Cc1ccccc1C(=O)CC(C)(C)CC(=O)O. The molecule has 1 rings (SSSR count). The number of Topliss-reactive ketones (excluding diaryl/α,β-unsaturated/α-hetero) is 1. The van der Waals surface area contributed by atoms with E-state index in [1.165, 1.54) is 0 Å². The third-order valence-electron chi connectivity index (χ3n) is 2.71. The summed E-state index contributed by atoms with van der Waals surface area (Å²) >= 11 is 0. The molecule has 0 aliphatic heterocycles. The zero-order valence-corrected chi connectivity index (χ0v) is 10.5. The lowest BCUT2D eigenvalue weighted by Crippen LogP contribution is -2.21. The van der Waals surface area contributed by atoms with Gasteiger partial charge in [-0.1, -0.05) is 38.1 Å². The van der Waals surface area contributed by atoms with Gasteiger partial charge in [0.2, 0.25) is 0 Å². The van der Waals surface area contributed by atoms with Gasteiger partial charge in [-0.05, 0) is 17.9 Å². The normalized spacial score (nSPS) is 11.2. The Morgan fingerprint density at radius 2 is 1.76 bits per heavy atom. The molecule has 3 nitrogen and oxygen atoms in total. The minimum atomic E-state index is -0.868. The highest BCUT2D eigenvalue weighted by molar-refractivity contribution is 5.97. The molecular formula is C14H18O3. The molecule has 17 heavy (non-hydrogen) atoms. The summed E-state index contributed by atoms with van der Waals surface area (Å²) in [6.07, 6.45) is 0.259. The Hall–Kier alpha value is -1.64. The minimum absolute atomic E-state index is 0.00458. The van der Waals surface area contributed by atoms with Gasteiger partial charge in [0.05, 0.1) is 6.42 Å². The molecule has 0 amide bonds. The molecule has 1 aromatic carbocycles. The fraction of sp³-hybridized carbons (Fsp3) is 0.429. The van der Waals surface area contributed by atoms with Crippen LogP contribution in [0.25, 0.3) is 0 Å². The van der Waals surface area contributed by atoms with E-state index in [0.29, 0.717) is 5.56 Å². The maximum atomic E-state index is 12.1. The fourth-order valence-corrected chi connectivity index (χ4v) is 1.89. The van der Waals surface area contributed by atoms with E-state index in [4.69, 9.17) is 5.11 Å². The quantitative estimate of drug-likeness (QED) is 0.796. The van der Waals surface area contributed by atoms with Crippen molar-refractivity contribution in [3.8, 4) is 0 Å². The van der Waals surface area contributed by atoms with Crippen LogP contribution in [0.15, 0.2) is 24.3 Å². The second-order valence-electron chi connectivity index (χ2n) is 5.15. The van der Waals surface area contributed by atoms with Crippen molar-refractivity contribution >= 4 is 11.8 Å². The van der Waals surface area contributed by atoms with Gasteiger partial charge < -0.3 is 5.11 Å². The molecule has 0 radical (unpaired) electrons. The van der Waals surface area contributed by atoms with Crippen LogP contribution in [-0.2, 0) is 4.79 Å². The van der Waals surface area contributed by atoms with Gasteiger partial charge in [-0.3, -0.25) is 9.59 Å². The average molecular weight is 234 g/mol. The Morgan fingerprint density at radius 1 is 1.18 bits per heavy atom. The van der Waals surface area contributed by atoms with Gasteiger partial charge in [-0.2, -0.15) is 0 Å². The minimum Gasteiger partial charge on any atom is -0.481 e. The molecule has 3 heteroatoms. The molecule has 0 aliphatic carbocycles. The number of rotatable bonds is 5. The number of carbonyl (C=O) groups excluding carboxylic acids is 1. The molecule has 0 atom stereocenters. The maximum absolute atomic E-state index is 12.1. The zero-order chi connectivity index (χ0) is 13.1. The van der Waals surface area contributed by atoms with Crippen LogP contribution in [0.5, 0.6) is 0 Å². The first kappa shape index (κ1) is 13.4. The van der Waals surface area contributed by atoms with Gasteiger partial charge >= 0.3 is 5.97 Å².